The van der Waals surface area contributed by atoms with Gasteiger partial charge in [-0.15, -0.1) is 0 Å². The third-order valence-corrected chi connectivity index (χ3v) is 5.12. The van der Waals surface area contributed by atoms with Crippen molar-refractivity contribution in [1.82, 2.24) is 0 Å². The second-order valence-corrected chi connectivity index (χ2v) is 7.49. The van der Waals surface area contributed by atoms with Gasteiger partial charge in [0.25, 0.3) is 0 Å². The maximum atomic E-state index is 12.5. The summed E-state index contributed by atoms with van der Waals surface area (Å²) >= 11 is 0. The highest BCUT2D eigenvalue weighted by atomic mass is 16.5. The van der Waals surface area contributed by atoms with Crippen LogP contribution in [0.2, 0.25) is 0 Å². The normalized spacial score (nSPS) is 11.0. The number of benzene rings is 2. The molecule has 0 saturated heterocycles. The largest absolute Gasteiger partial charge is 0.493 e. The Hall–Kier alpha value is -3.15. The van der Waals surface area contributed by atoms with Crippen LogP contribution in [0.4, 0.5) is 0 Å². The average Bonchev–Trinajstić information content (AvgIpc) is 3.11. The van der Waals surface area contributed by atoms with Gasteiger partial charge in [0.05, 0.1) is 34.0 Å². The molecule has 160 valence electrons. The minimum Gasteiger partial charge on any atom is -0.493 e. The monoisotopic (exact) mass is 412 g/mol. The summed E-state index contributed by atoms with van der Waals surface area (Å²) in [7, 11) is 4.63. The molecule has 0 spiro atoms. The van der Waals surface area contributed by atoms with E-state index in [1.54, 1.807) is 39.7 Å². The first kappa shape index (κ1) is 21.6. The van der Waals surface area contributed by atoms with Crippen LogP contribution in [0.25, 0.3) is 11.0 Å². The Labute approximate surface area is 176 Å². The van der Waals surface area contributed by atoms with Crippen molar-refractivity contribution in [3.05, 3.63) is 52.8 Å². The van der Waals surface area contributed by atoms with E-state index in [1.807, 2.05) is 6.07 Å². The van der Waals surface area contributed by atoms with Crippen LogP contribution in [-0.2, 0) is 22.6 Å². The minimum absolute atomic E-state index is 0.0989. The molecule has 6 heteroatoms. The van der Waals surface area contributed by atoms with Gasteiger partial charge in [0.1, 0.15) is 12.2 Å². The molecule has 0 bridgehead atoms. The summed E-state index contributed by atoms with van der Waals surface area (Å²) in [5.74, 6) is 1.58. The van der Waals surface area contributed by atoms with Gasteiger partial charge in [-0.25, -0.2) is 0 Å². The van der Waals surface area contributed by atoms with Crippen LogP contribution in [0.5, 0.6) is 17.2 Å². The van der Waals surface area contributed by atoms with Gasteiger partial charge in [-0.2, -0.15) is 0 Å². The number of ether oxygens (including phenoxy) is 4. The van der Waals surface area contributed by atoms with Crippen molar-refractivity contribution in [3.8, 4) is 17.2 Å². The predicted octanol–water partition coefficient (Wildman–Crippen LogP) is 5.18. The molecule has 1 heterocycles. The lowest BCUT2D eigenvalue weighted by atomic mass is 9.95. The standard InChI is InChI=1S/C24H28O6/c1-14(2)18-11-19-17(13-29-20(19)7-15(18)3)10-23(25)30-12-16-8-21(26-4)24(28-6)22(9-16)27-5/h7-9,11,13-14H,10,12H2,1-6H3. The van der Waals surface area contributed by atoms with Gasteiger partial charge in [-0.05, 0) is 53.8 Å². The fraction of sp³-hybridized carbons (Fsp3) is 0.375. The molecule has 0 aliphatic carbocycles. The third-order valence-electron chi connectivity index (χ3n) is 5.12. The van der Waals surface area contributed by atoms with E-state index in [4.69, 9.17) is 23.4 Å². The highest BCUT2D eigenvalue weighted by molar-refractivity contribution is 5.87. The van der Waals surface area contributed by atoms with Crippen molar-refractivity contribution in [1.29, 1.82) is 0 Å². The zero-order chi connectivity index (χ0) is 21.8. The van der Waals surface area contributed by atoms with Gasteiger partial charge in [0.2, 0.25) is 5.75 Å². The quantitative estimate of drug-likeness (QED) is 0.475. The number of carbonyl (C=O) groups is 1. The summed E-state index contributed by atoms with van der Waals surface area (Å²) in [5.41, 5.74) is 4.78. The molecule has 30 heavy (non-hydrogen) atoms. The molecule has 0 aliphatic heterocycles. The fourth-order valence-electron chi connectivity index (χ4n) is 3.59. The van der Waals surface area contributed by atoms with Crippen LogP contribution >= 0.6 is 0 Å². The van der Waals surface area contributed by atoms with E-state index in [0.29, 0.717) is 23.2 Å². The first-order chi connectivity index (χ1) is 14.4. The maximum Gasteiger partial charge on any atom is 0.310 e. The van der Waals surface area contributed by atoms with Crippen LogP contribution < -0.4 is 14.2 Å². The minimum atomic E-state index is -0.335. The zero-order valence-corrected chi connectivity index (χ0v) is 18.3. The number of furan rings is 1. The lowest BCUT2D eigenvalue weighted by molar-refractivity contribution is -0.144. The van der Waals surface area contributed by atoms with Crippen LogP contribution in [-0.4, -0.2) is 27.3 Å². The summed E-state index contributed by atoms with van der Waals surface area (Å²) < 4.78 is 27.2. The highest BCUT2D eigenvalue weighted by Crippen LogP contribution is 2.38. The molecular weight excluding hydrogens is 384 g/mol. The van der Waals surface area contributed by atoms with E-state index in [9.17, 15) is 4.79 Å². The van der Waals surface area contributed by atoms with Gasteiger partial charge in [-0.1, -0.05) is 13.8 Å². The summed E-state index contributed by atoms with van der Waals surface area (Å²) in [4.78, 5) is 12.5. The molecule has 1 aromatic heterocycles. The molecule has 0 radical (unpaired) electrons. The molecular formula is C24H28O6. The zero-order valence-electron chi connectivity index (χ0n) is 18.3. The van der Waals surface area contributed by atoms with Crippen LogP contribution in [0.1, 0.15) is 42.0 Å². The van der Waals surface area contributed by atoms with Crippen LogP contribution in [0.3, 0.4) is 0 Å². The summed E-state index contributed by atoms with van der Waals surface area (Å²) in [6, 6.07) is 7.66. The molecule has 0 aliphatic rings. The molecule has 0 saturated carbocycles. The summed E-state index contributed by atoms with van der Waals surface area (Å²) in [6.07, 6.45) is 1.77. The molecule has 0 fully saturated rings. The fourth-order valence-corrected chi connectivity index (χ4v) is 3.59. The Morgan fingerprint density at radius 3 is 2.23 bits per heavy atom. The van der Waals surface area contributed by atoms with Crippen LogP contribution in [0.15, 0.2) is 34.9 Å². The summed E-state index contributed by atoms with van der Waals surface area (Å²) in [5, 5.41) is 0.953. The SMILES string of the molecule is COc1cc(COC(=O)Cc2coc3cc(C)c(C(C)C)cc23)cc(OC)c1OC. The van der Waals surface area contributed by atoms with Crippen molar-refractivity contribution < 1.29 is 28.2 Å². The number of methoxy groups -OCH3 is 3. The third kappa shape index (κ3) is 4.37. The van der Waals surface area contributed by atoms with E-state index >= 15 is 0 Å². The number of hydrogen-bond donors (Lipinski definition) is 0. The first-order valence-corrected chi connectivity index (χ1v) is 9.83. The number of fused-ring (bicyclic) bond motifs is 1. The van der Waals surface area contributed by atoms with Gasteiger partial charge < -0.3 is 23.4 Å². The van der Waals surface area contributed by atoms with Crippen molar-refractivity contribution >= 4 is 16.9 Å². The topological polar surface area (TPSA) is 67.1 Å². The second-order valence-electron chi connectivity index (χ2n) is 7.49. The van der Waals surface area contributed by atoms with E-state index in [0.717, 1.165) is 22.1 Å². The molecule has 0 unspecified atom stereocenters. The number of esters is 1. The van der Waals surface area contributed by atoms with Crippen molar-refractivity contribution in [2.45, 2.75) is 39.7 Å². The van der Waals surface area contributed by atoms with Crippen molar-refractivity contribution in [2.24, 2.45) is 0 Å². The number of rotatable bonds is 8. The molecule has 0 amide bonds. The Balaban J connectivity index is 1.74. The Morgan fingerprint density at radius 2 is 1.67 bits per heavy atom. The van der Waals surface area contributed by atoms with E-state index in [2.05, 4.69) is 26.8 Å². The van der Waals surface area contributed by atoms with E-state index in [1.165, 1.54) is 11.1 Å². The predicted molar refractivity (Wildman–Crippen MR) is 115 cm³/mol. The Kier molecular flexibility index (Phi) is 6.55. The smallest absolute Gasteiger partial charge is 0.310 e. The maximum absolute atomic E-state index is 12.5. The van der Waals surface area contributed by atoms with E-state index in [-0.39, 0.29) is 19.0 Å². The number of aryl methyl sites for hydroxylation is 1. The highest BCUT2D eigenvalue weighted by Gasteiger charge is 2.17. The molecule has 3 aromatic rings. The molecule has 3 rings (SSSR count). The number of carbonyl (C=O) groups excluding carboxylic acids is 1. The molecule has 6 nitrogen and oxygen atoms in total. The Morgan fingerprint density at radius 1 is 1.00 bits per heavy atom. The Bertz CT molecular complexity index is 1020. The molecule has 0 atom stereocenters. The summed E-state index contributed by atoms with van der Waals surface area (Å²) in [6.45, 7) is 6.48. The van der Waals surface area contributed by atoms with E-state index < -0.39 is 0 Å². The average molecular weight is 412 g/mol. The van der Waals surface area contributed by atoms with Crippen molar-refractivity contribution in [3.63, 3.8) is 0 Å². The molecule has 2 aromatic carbocycles. The van der Waals surface area contributed by atoms with Crippen molar-refractivity contribution in [2.75, 3.05) is 21.3 Å². The van der Waals surface area contributed by atoms with Gasteiger partial charge in [-0.3, -0.25) is 4.79 Å². The van der Waals surface area contributed by atoms with Gasteiger partial charge >= 0.3 is 5.97 Å². The van der Waals surface area contributed by atoms with Crippen LogP contribution in [0, 0.1) is 6.92 Å². The van der Waals surface area contributed by atoms with Gasteiger partial charge in [0, 0.05) is 10.9 Å². The second kappa shape index (κ2) is 9.11. The molecule has 0 N–H and O–H groups in total. The van der Waals surface area contributed by atoms with Gasteiger partial charge in [0.15, 0.2) is 11.5 Å². The first-order valence-electron chi connectivity index (χ1n) is 9.83. The lowest BCUT2D eigenvalue weighted by Gasteiger charge is -2.14. The number of hydrogen-bond acceptors (Lipinski definition) is 6. The lowest BCUT2D eigenvalue weighted by Crippen LogP contribution is -2.08.